The lowest BCUT2D eigenvalue weighted by molar-refractivity contribution is -0.124. The van der Waals surface area contributed by atoms with E-state index in [0.29, 0.717) is 17.3 Å². The van der Waals surface area contributed by atoms with Crippen molar-refractivity contribution in [2.45, 2.75) is 31.6 Å². The third-order valence-electron chi connectivity index (χ3n) is 5.42. The van der Waals surface area contributed by atoms with Crippen molar-refractivity contribution in [2.24, 2.45) is 11.8 Å². The average Bonchev–Trinajstić information content (AvgIpc) is 3.35. The van der Waals surface area contributed by atoms with Crippen LogP contribution in [0.4, 0.5) is 5.69 Å². The Morgan fingerprint density at radius 2 is 1.72 bits per heavy atom. The van der Waals surface area contributed by atoms with Gasteiger partial charge in [-0.15, -0.1) is 0 Å². The maximum absolute atomic E-state index is 12.8. The van der Waals surface area contributed by atoms with Crippen LogP contribution >= 0.6 is 11.6 Å². The monoisotopic (exact) mass is 357 g/mol. The Kier molecular flexibility index (Phi) is 3.27. The van der Waals surface area contributed by atoms with E-state index in [1.54, 1.807) is 17.1 Å². The molecule has 4 atom stereocenters. The third kappa shape index (κ3) is 2.24. The van der Waals surface area contributed by atoms with Crippen molar-refractivity contribution in [2.75, 3.05) is 4.90 Å². The molecule has 3 saturated heterocycles. The number of amides is 2. The van der Waals surface area contributed by atoms with Gasteiger partial charge in [-0.05, 0) is 30.5 Å². The highest BCUT2D eigenvalue weighted by molar-refractivity contribution is 6.30. The molecule has 2 aromatic rings. The first-order valence-corrected chi connectivity index (χ1v) is 8.80. The highest BCUT2D eigenvalue weighted by Crippen LogP contribution is 2.49. The van der Waals surface area contributed by atoms with Gasteiger partial charge in [-0.3, -0.25) is 14.3 Å². The number of hydrogen-bond donors (Lipinski definition) is 0. The standard InChI is InChI=1S/C18H16ClN3O3/c19-11-3-1-10(2-4-11)8-21-9-12(7-20-21)22-17(23)15-13-5-6-14(25-13)16(15)18(22)24/h1-4,7,9,13-16H,5-6,8H2/t13-,14+,15-,16-/m0/s1. The van der Waals surface area contributed by atoms with Gasteiger partial charge < -0.3 is 4.74 Å². The van der Waals surface area contributed by atoms with Crippen LogP contribution in [0.5, 0.6) is 0 Å². The summed E-state index contributed by atoms with van der Waals surface area (Å²) in [7, 11) is 0. The van der Waals surface area contributed by atoms with Gasteiger partial charge in [0.1, 0.15) is 0 Å². The Balaban J connectivity index is 1.39. The van der Waals surface area contributed by atoms with E-state index < -0.39 is 0 Å². The van der Waals surface area contributed by atoms with Crippen LogP contribution in [0.3, 0.4) is 0 Å². The van der Waals surface area contributed by atoms with Gasteiger partial charge in [0, 0.05) is 11.2 Å². The van der Waals surface area contributed by atoms with Crippen LogP contribution in [0.15, 0.2) is 36.7 Å². The minimum absolute atomic E-state index is 0.0967. The molecule has 0 N–H and O–H groups in total. The highest BCUT2D eigenvalue weighted by Gasteiger charge is 2.62. The molecule has 6 nitrogen and oxygen atoms in total. The van der Waals surface area contributed by atoms with E-state index in [0.717, 1.165) is 18.4 Å². The summed E-state index contributed by atoms with van der Waals surface area (Å²) in [6.07, 6.45) is 4.87. The molecular formula is C18H16ClN3O3. The van der Waals surface area contributed by atoms with E-state index >= 15 is 0 Å². The van der Waals surface area contributed by atoms with Gasteiger partial charge in [0.25, 0.3) is 0 Å². The number of anilines is 1. The zero-order chi connectivity index (χ0) is 17.1. The van der Waals surface area contributed by atoms with Gasteiger partial charge in [0.05, 0.1) is 42.5 Å². The largest absolute Gasteiger partial charge is 0.373 e. The summed E-state index contributed by atoms with van der Waals surface area (Å²) in [5.41, 5.74) is 1.58. The van der Waals surface area contributed by atoms with E-state index in [4.69, 9.17) is 16.3 Å². The molecule has 3 aliphatic rings. The summed E-state index contributed by atoms with van der Waals surface area (Å²) in [6.45, 7) is 0.550. The lowest BCUT2D eigenvalue weighted by atomic mass is 9.81. The second-order valence-corrected chi connectivity index (χ2v) is 7.31. The van der Waals surface area contributed by atoms with Crippen LogP contribution in [-0.2, 0) is 20.9 Å². The summed E-state index contributed by atoms with van der Waals surface area (Å²) in [5, 5.41) is 4.98. The Morgan fingerprint density at radius 3 is 2.36 bits per heavy atom. The number of carbonyl (C=O) groups is 2. The van der Waals surface area contributed by atoms with Gasteiger partial charge >= 0.3 is 0 Å². The van der Waals surface area contributed by atoms with Crippen molar-refractivity contribution in [3.8, 4) is 0 Å². The summed E-state index contributed by atoms with van der Waals surface area (Å²) in [4.78, 5) is 26.8. The van der Waals surface area contributed by atoms with E-state index in [-0.39, 0.29) is 35.9 Å². The second-order valence-electron chi connectivity index (χ2n) is 6.88. The van der Waals surface area contributed by atoms with E-state index in [1.807, 2.05) is 24.3 Å². The van der Waals surface area contributed by atoms with Crippen molar-refractivity contribution < 1.29 is 14.3 Å². The van der Waals surface area contributed by atoms with Crippen molar-refractivity contribution in [1.82, 2.24) is 9.78 Å². The highest BCUT2D eigenvalue weighted by atomic mass is 35.5. The lowest BCUT2D eigenvalue weighted by Gasteiger charge is -2.15. The Hall–Kier alpha value is -2.18. The second kappa shape index (κ2) is 5.41. The summed E-state index contributed by atoms with van der Waals surface area (Å²) in [5.74, 6) is -0.918. The molecule has 7 heteroatoms. The molecule has 3 fully saturated rings. The summed E-state index contributed by atoms with van der Waals surface area (Å²) >= 11 is 5.90. The van der Waals surface area contributed by atoms with Crippen LogP contribution in [0.2, 0.25) is 5.02 Å². The number of fused-ring (bicyclic) bond motifs is 5. The number of carbonyl (C=O) groups excluding carboxylic acids is 2. The number of aromatic nitrogens is 2. The van der Waals surface area contributed by atoms with Crippen molar-refractivity contribution in [3.63, 3.8) is 0 Å². The molecule has 5 rings (SSSR count). The van der Waals surface area contributed by atoms with Gasteiger partial charge in [0.15, 0.2) is 0 Å². The number of imide groups is 1. The number of hydrogen-bond acceptors (Lipinski definition) is 4. The van der Waals surface area contributed by atoms with Crippen LogP contribution in [-0.4, -0.2) is 33.8 Å². The van der Waals surface area contributed by atoms with E-state index in [1.165, 1.54) is 4.90 Å². The normalized spacial score (nSPS) is 30.4. The molecule has 1 aromatic carbocycles. The van der Waals surface area contributed by atoms with Crippen LogP contribution in [0.1, 0.15) is 18.4 Å². The molecule has 128 valence electrons. The molecule has 0 aliphatic carbocycles. The zero-order valence-corrected chi connectivity index (χ0v) is 14.1. The Labute approximate surface area is 149 Å². The van der Waals surface area contributed by atoms with Crippen molar-refractivity contribution in [1.29, 1.82) is 0 Å². The molecule has 0 saturated carbocycles. The molecule has 0 spiro atoms. The van der Waals surface area contributed by atoms with Crippen LogP contribution in [0, 0.1) is 11.8 Å². The minimum Gasteiger partial charge on any atom is -0.373 e. The predicted octanol–water partition coefficient (Wildman–Crippen LogP) is 2.25. The lowest BCUT2D eigenvalue weighted by Crippen LogP contribution is -2.33. The van der Waals surface area contributed by atoms with Crippen molar-refractivity contribution >= 4 is 29.1 Å². The topological polar surface area (TPSA) is 64.4 Å². The van der Waals surface area contributed by atoms with E-state index in [2.05, 4.69) is 5.10 Å². The average molecular weight is 358 g/mol. The molecule has 25 heavy (non-hydrogen) atoms. The first kappa shape index (κ1) is 15.1. The quantitative estimate of drug-likeness (QED) is 0.790. The fourth-order valence-electron chi connectivity index (χ4n) is 4.30. The maximum atomic E-state index is 12.8. The molecule has 0 radical (unpaired) electrons. The first-order chi connectivity index (χ1) is 12.1. The predicted molar refractivity (Wildman–Crippen MR) is 90.1 cm³/mol. The Morgan fingerprint density at radius 1 is 1.08 bits per heavy atom. The van der Waals surface area contributed by atoms with Gasteiger partial charge in [-0.2, -0.15) is 5.10 Å². The van der Waals surface area contributed by atoms with Gasteiger partial charge in [0.2, 0.25) is 11.8 Å². The minimum atomic E-state index is -0.314. The molecule has 2 bridgehead atoms. The molecule has 1 aromatic heterocycles. The van der Waals surface area contributed by atoms with Crippen molar-refractivity contribution in [3.05, 3.63) is 47.2 Å². The van der Waals surface area contributed by atoms with E-state index in [9.17, 15) is 9.59 Å². The summed E-state index contributed by atoms with van der Waals surface area (Å²) in [6, 6.07) is 7.50. The maximum Gasteiger partial charge on any atom is 0.240 e. The third-order valence-corrected chi connectivity index (χ3v) is 5.67. The smallest absolute Gasteiger partial charge is 0.240 e. The first-order valence-electron chi connectivity index (χ1n) is 8.42. The zero-order valence-electron chi connectivity index (χ0n) is 13.3. The van der Waals surface area contributed by atoms with Gasteiger partial charge in [-0.25, -0.2) is 4.90 Å². The molecular weight excluding hydrogens is 342 g/mol. The number of rotatable bonds is 3. The fraction of sp³-hybridized carbons (Fsp3) is 0.389. The van der Waals surface area contributed by atoms with Crippen LogP contribution < -0.4 is 4.90 Å². The molecule has 3 aliphatic heterocycles. The molecule has 4 heterocycles. The number of ether oxygens (including phenoxy) is 1. The van der Waals surface area contributed by atoms with Gasteiger partial charge in [-0.1, -0.05) is 23.7 Å². The SMILES string of the molecule is O=C1[C@@H]2[C@@H](C(=O)N1c1cnn(Cc3ccc(Cl)cc3)c1)[C@H]1CC[C@@H]2O1. The number of nitrogens with zero attached hydrogens (tertiary/aromatic N) is 3. The summed E-state index contributed by atoms with van der Waals surface area (Å²) < 4.78 is 7.48. The fourth-order valence-corrected chi connectivity index (χ4v) is 4.42. The van der Waals surface area contributed by atoms with Crippen LogP contribution in [0.25, 0.3) is 0 Å². The number of halogens is 1. The molecule has 0 unspecified atom stereocenters. The number of benzene rings is 1. The molecule has 2 amide bonds. The Bertz CT molecular complexity index is 835.